The van der Waals surface area contributed by atoms with Gasteiger partial charge in [-0.05, 0) is 36.9 Å². The van der Waals surface area contributed by atoms with Crippen LogP contribution in [0.1, 0.15) is 44.1 Å². The molecule has 2 nitrogen and oxygen atoms in total. The summed E-state index contributed by atoms with van der Waals surface area (Å²) in [5.74, 6) is 1.00. The van der Waals surface area contributed by atoms with Crippen molar-refractivity contribution in [3.05, 3.63) is 29.0 Å². The molecule has 0 amide bonds. The highest BCUT2D eigenvalue weighted by molar-refractivity contribution is 6.31. The van der Waals surface area contributed by atoms with Crippen LogP contribution in [0, 0.1) is 5.92 Å². The van der Waals surface area contributed by atoms with Gasteiger partial charge in [-0.25, -0.2) is 0 Å². The average molecular weight is 253 g/mol. The minimum atomic E-state index is 0.760. The molecule has 0 radical (unpaired) electrons. The monoisotopic (exact) mass is 252 g/mol. The van der Waals surface area contributed by atoms with E-state index < -0.39 is 0 Å². The molecule has 1 aliphatic carbocycles. The zero-order chi connectivity index (χ0) is 11.9. The lowest BCUT2D eigenvalue weighted by molar-refractivity contribution is 0.470. The van der Waals surface area contributed by atoms with Crippen molar-refractivity contribution in [3.8, 4) is 0 Å². The first-order valence-electron chi connectivity index (χ1n) is 6.65. The van der Waals surface area contributed by atoms with Gasteiger partial charge in [-0.2, -0.15) is 0 Å². The van der Waals surface area contributed by atoms with E-state index in [-0.39, 0.29) is 0 Å². The number of halogens is 1. The van der Waals surface area contributed by atoms with Crippen molar-refractivity contribution in [2.24, 2.45) is 5.92 Å². The number of nitrogens with zero attached hydrogens (tertiary/aromatic N) is 1. The molecular formula is C14H21ClN2. The van der Waals surface area contributed by atoms with Crippen molar-refractivity contribution in [1.82, 2.24) is 10.3 Å². The lowest BCUT2D eigenvalue weighted by Gasteiger charge is -2.09. The first kappa shape index (κ1) is 12.8. The fourth-order valence-corrected chi connectivity index (χ4v) is 2.77. The summed E-state index contributed by atoms with van der Waals surface area (Å²) in [6.07, 6.45) is 12.0. The second-order valence-electron chi connectivity index (χ2n) is 4.94. The predicted octanol–water partition coefficient (Wildman–Crippen LogP) is 3.80. The molecule has 94 valence electrons. The van der Waals surface area contributed by atoms with Crippen LogP contribution in [-0.2, 0) is 6.54 Å². The molecule has 0 aliphatic heterocycles. The van der Waals surface area contributed by atoms with E-state index in [1.807, 2.05) is 6.07 Å². The maximum Gasteiger partial charge on any atom is 0.0634 e. The Bertz CT molecular complexity index is 335. The van der Waals surface area contributed by atoms with E-state index in [1.165, 1.54) is 38.5 Å². The molecule has 17 heavy (non-hydrogen) atoms. The van der Waals surface area contributed by atoms with E-state index in [1.54, 1.807) is 12.4 Å². The van der Waals surface area contributed by atoms with Gasteiger partial charge in [-0.15, -0.1) is 0 Å². The summed E-state index contributed by atoms with van der Waals surface area (Å²) in [5, 5.41) is 4.21. The Balaban J connectivity index is 1.58. The van der Waals surface area contributed by atoms with Crippen LogP contribution in [0.3, 0.4) is 0 Å². The molecule has 1 aromatic heterocycles. The third kappa shape index (κ3) is 4.29. The molecule has 1 aromatic rings. The number of hydrogen-bond acceptors (Lipinski definition) is 2. The maximum absolute atomic E-state index is 6.04. The van der Waals surface area contributed by atoms with Crippen LogP contribution in [0.15, 0.2) is 18.5 Å². The van der Waals surface area contributed by atoms with E-state index in [9.17, 15) is 0 Å². The molecule has 3 heteroatoms. The van der Waals surface area contributed by atoms with E-state index in [4.69, 9.17) is 11.6 Å². The first-order valence-corrected chi connectivity index (χ1v) is 7.03. The van der Waals surface area contributed by atoms with Crippen LogP contribution in [0.4, 0.5) is 0 Å². The molecule has 0 atom stereocenters. The van der Waals surface area contributed by atoms with Gasteiger partial charge in [0.15, 0.2) is 0 Å². The summed E-state index contributed by atoms with van der Waals surface area (Å²) >= 11 is 6.04. The Morgan fingerprint density at radius 3 is 2.94 bits per heavy atom. The van der Waals surface area contributed by atoms with Crippen LogP contribution in [0.2, 0.25) is 5.02 Å². The molecule has 0 spiro atoms. The SMILES string of the molecule is Clc1cnccc1CNCCCC1CCCC1. The van der Waals surface area contributed by atoms with Gasteiger partial charge >= 0.3 is 0 Å². The van der Waals surface area contributed by atoms with Crippen LogP contribution < -0.4 is 5.32 Å². The maximum atomic E-state index is 6.04. The van der Waals surface area contributed by atoms with E-state index >= 15 is 0 Å². The van der Waals surface area contributed by atoms with Crippen LogP contribution in [0.5, 0.6) is 0 Å². The lowest BCUT2D eigenvalue weighted by Crippen LogP contribution is -2.15. The molecule has 1 fully saturated rings. The molecule has 0 unspecified atom stereocenters. The van der Waals surface area contributed by atoms with Crippen molar-refractivity contribution in [3.63, 3.8) is 0 Å². The normalized spacial score (nSPS) is 16.5. The van der Waals surface area contributed by atoms with Gasteiger partial charge < -0.3 is 5.32 Å². The number of nitrogens with one attached hydrogen (secondary N) is 1. The Hall–Kier alpha value is -0.600. The van der Waals surface area contributed by atoms with Crippen molar-refractivity contribution in [2.45, 2.75) is 45.1 Å². The van der Waals surface area contributed by atoms with Gasteiger partial charge in [0.1, 0.15) is 0 Å². The second kappa shape index (κ2) is 6.97. The molecule has 1 aliphatic rings. The summed E-state index contributed by atoms with van der Waals surface area (Å²) in [4.78, 5) is 3.98. The highest BCUT2D eigenvalue weighted by atomic mass is 35.5. The van der Waals surface area contributed by atoms with Gasteiger partial charge in [0.2, 0.25) is 0 Å². The van der Waals surface area contributed by atoms with Crippen LogP contribution in [0.25, 0.3) is 0 Å². The van der Waals surface area contributed by atoms with Crippen LogP contribution >= 0.6 is 11.6 Å². The fraction of sp³-hybridized carbons (Fsp3) is 0.643. The topological polar surface area (TPSA) is 24.9 Å². The molecule has 1 N–H and O–H groups in total. The number of hydrogen-bond donors (Lipinski definition) is 1. The van der Waals surface area contributed by atoms with Gasteiger partial charge in [-0.3, -0.25) is 4.98 Å². The summed E-state index contributed by atoms with van der Waals surface area (Å²) in [5.41, 5.74) is 1.14. The minimum Gasteiger partial charge on any atom is -0.313 e. The summed E-state index contributed by atoms with van der Waals surface area (Å²) in [7, 11) is 0. The van der Waals surface area contributed by atoms with Crippen molar-refractivity contribution < 1.29 is 0 Å². The summed E-state index contributed by atoms with van der Waals surface area (Å²) in [6, 6.07) is 1.98. The average Bonchev–Trinajstić information content (AvgIpc) is 2.84. The number of pyridine rings is 1. The fourth-order valence-electron chi connectivity index (χ4n) is 2.59. The smallest absolute Gasteiger partial charge is 0.0634 e. The minimum absolute atomic E-state index is 0.760. The molecule has 2 rings (SSSR count). The third-order valence-electron chi connectivity index (χ3n) is 3.61. The third-order valence-corrected chi connectivity index (χ3v) is 3.95. The zero-order valence-electron chi connectivity index (χ0n) is 10.3. The quantitative estimate of drug-likeness (QED) is 0.779. The van der Waals surface area contributed by atoms with Crippen molar-refractivity contribution >= 4 is 11.6 Å². The van der Waals surface area contributed by atoms with Gasteiger partial charge in [0.25, 0.3) is 0 Å². The van der Waals surface area contributed by atoms with Crippen LogP contribution in [-0.4, -0.2) is 11.5 Å². The van der Waals surface area contributed by atoms with Gasteiger partial charge in [0, 0.05) is 18.9 Å². The Morgan fingerprint density at radius 1 is 1.35 bits per heavy atom. The number of rotatable bonds is 6. The Labute approximate surface area is 109 Å². The Morgan fingerprint density at radius 2 is 2.18 bits per heavy atom. The predicted molar refractivity (Wildman–Crippen MR) is 72.1 cm³/mol. The zero-order valence-corrected chi connectivity index (χ0v) is 11.0. The van der Waals surface area contributed by atoms with Gasteiger partial charge in [-0.1, -0.05) is 37.3 Å². The van der Waals surface area contributed by atoms with Crippen molar-refractivity contribution in [2.75, 3.05) is 6.54 Å². The molecule has 0 saturated heterocycles. The summed E-state index contributed by atoms with van der Waals surface area (Å²) < 4.78 is 0. The van der Waals surface area contributed by atoms with Gasteiger partial charge in [0.05, 0.1) is 5.02 Å². The number of aromatic nitrogens is 1. The first-order chi connectivity index (χ1) is 8.36. The molecule has 1 saturated carbocycles. The second-order valence-corrected chi connectivity index (χ2v) is 5.34. The molecule has 0 bridgehead atoms. The van der Waals surface area contributed by atoms with Crippen molar-refractivity contribution in [1.29, 1.82) is 0 Å². The molecular weight excluding hydrogens is 232 g/mol. The highest BCUT2D eigenvalue weighted by Crippen LogP contribution is 2.28. The van der Waals surface area contributed by atoms with E-state index in [2.05, 4.69) is 10.3 Å². The van der Waals surface area contributed by atoms with E-state index in [0.29, 0.717) is 0 Å². The summed E-state index contributed by atoms with van der Waals surface area (Å²) in [6.45, 7) is 1.95. The standard InChI is InChI=1S/C14H21ClN2/c15-14-11-17-9-7-13(14)10-16-8-3-6-12-4-1-2-5-12/h7,9,11-12,16H,1-6,8,10H2. The largest absolute Gasteiger partial charge is 0.313 e. The lowest BCUT2D eigenvalue weighted by atomic mass is 10.0. The Kier molecular flexibility index (Phi) is 5.27. The molecule has 1 heterocycles. The highest BCUT2D eigenvalue weighted by Gasteiger charge is 2.13. The van der Waals surface area contributed by atoms with E-state index in [0.717, 1.165) is 29.6 Å². The molecule has 0 aromatic carbocycles.